The normalized spacial score (nSPS) is 29.2. The van der Waals surface area contributed by atoms with Crippen molar-refractivity contribution in [2.24, 2.45) is 5.92 Å². The summed E-state index contributed by atoms with van der Waals surface area (Å²) in [5, 5.41) is 0. The van der Waals surface area contributed by atoms with Gasteiger partial charge in [-0.2, -0.15) is 0 Å². The molecule has 1 amide bonds. The summed E-state index contributed by atoms with van der Waals surface area (Å²) in [6, 6.07) is 11.3. The third kappa shape index (κ3) is 4.26. The summed E-state index contributed by atoms with van der Waals surface area (Å²) in [6.45, 7) is 4.61. The van der Waals surface area contributed by atoms with Gasteiger partial charge in [-0.25, -0.2) is 8.42 Å². The van der Waals surface area contributed by atoms with Crippen LogP contribution in [-0.2, 0) is 14.6 Å². The molecular weight excluding hydrogens is 374 g/mol. The summed E-state index contributed by atoms with van der Waals surface area (Å²) < 4.78 is 22.8. The number of amides is 1. The third-order valence-electron chi connectivity index (χ3n) is 6.65. The fourth-order valence-electron chi connectivity index (χ4n) is 5.16. The summed E-state index contributed by atoms with van der Waals surface area (Å²) in [7, 11) is -2.94. The number of carbonyl (C=O) groups excluding carboxylic acids is 1. The lowest BCUT2D eigenvalue weighted by Gasteiger charge is -2.36. The van der Waals surface area contributed by atoms with Crippen molar-refractivity contribution in [2.45, 2.75) is 31.3 Å². The van der Waals surface area contributed by atoms with E-state index in [1.54, 1.807) is 0 Å². The predicted octanol–water partition coefficient (Wildman–Crippen LogP) is 1.40. The first-order chi connectivity index (χ1) is 13.4. The average molecular weight is 406 g/mol. The highest BCUT2D eigenvalue weighted by molar-refractivity contribution is 7.90. The van der Waals surface area contributed by atoms with E-state index in [-0.39, 0.29) is 11.7 Å². The second-order valence-corrected chi connectivity index (χ2v) is 10.8. The number of rotatable bonds is 5. The molecule has 0 bridgehead atoms. The van der Waals surface area contributed by atoms with E-state index < -0.39 is 9.84 Å². The Morgan fingerprint density at radius 3 is 2.46 bits per heavy atom. The number of sulfone groups is 1. The number of benzene rings is 1. The van der Waals surface area contributed by atoms with Crippen molar-refractivity contribution >= 4 is 15.7 Å². The molecule has 3 atom stereocenters. The Morgan fingerprint density at radius 2 is 1.79 bits per heavy atom. The maximum atomic E-state index is 13.3. The number of hydrogen-bond acceptors (Lipinski definition) is 5. The summed E-state index contributed by atoms with van der Waals surface area (Å²) in [4.78, 5) is 20.1. The second-order valence-electron chi connectivity index (χ2n) is 8.51. The lowest BCUT2D eigenvalue weighted by atomic mass is 9.93. The first-order valence-corrected chi connectivity index (χ1v) is 12.5. The fourth-order valence-corrected chi connectivity index (χ4v) is 5.75. The zero-order valence-corrected chi connectivity index (χ0v) is 17.5. The van der Waals surface area contributed by atoms with Crippen molar-refractivity contribution < 1.29 is 13.2 Å². The van der Waals surface area contributed by atoms with Crippen LogP contribution in [0.15, 0.2) is 30.3 Å². The Bertz CT molecular complexity index is 790. The number of nitrogens with zero attached hydrogens (tertiary/aromatic N) is 3. The highest BCUT2D eigenvalue weighted by atomic mass is 32.2. The van der Waals surface area contributed by atoms with Gasteiger partial charge in [-0.1, -0.05) is 30.3 Å². The molecule has 28 heavy (non-hydrogen) atoms. The molecule has 0 unspecified atom stereocenters. The Kier molecular flexibility index (Phi) is 5.76. The quantitative estimate of drug-likeness (QED) is 0.741. The molecule has 0 aliphatic carbocycles. The van der Waals surface area contributed by atoms with Crippen LogP contribution in [0.2, 0.25) is 0 Å². The Morgan fingerprint density at radius 1 is 1.07 bits per heavy atom. The van der Waals surface area contributed by atoms with E-state index >= 15 is 0 Å². The van der Waals surface area contributed by atoms with E-state index in [0.29, 0.717) is 37.6 Å². The number of fused-ring (bicyclic) bond motifs is 1. The summed E-state index contributed by atoms with van der Waals surface area (Å²) in [5.41, 5.74) is 1.33. The van der Waals surface area contributed by atoms with Crippen LogP contribution in [0.3, 0.4) is 0 Å². The van der Waals surface area contributed by atoms with Crippen molar-refractivity contribution in [1.82, 2.24) is 14.7 Å². The molecule has 154 valence electrons. The van der Waals surface area contributed by atoms with Gasteiger partial charge in [-0.05, 0) is 31.4 Å². The molecule has 0 aromatic heterocycles. The van der Waals surface area contributed by atoms with Crippen molar-refractivity contribution in [3.8, 4) is 0 Å². The van der Waals surface area contributed by atoms with Crippen LogP contribution in [0, 0.1) is 5.92 Å². The number of carbonyl (C=O) groups is 1. The SMILES string of the molecule is CS(=O)(=O)CCN1CCN(C(=O)[C@H]2C[C@@H](c3ccccc3)N3CCC[C@H]23)CC1. The van der Waals surface area contributed by atoms with E-state index in [2.05, 4.69) is 34.1 Å². The Hall–Kier alpha value is -1.44. The molecule has 1 aromatic carbocycles. The van der Waals surface area contributed by atoms with Crippen LogP contribution < -0.4 is 0 Å². The van der Waals surface area contributed by atoms with Gasteiger partial charge in [0.1, 0.15) is 9.84 Å². The topological polar surface area (TPSA) is 60.9 Å². The van der Waals surface area contributed by atoms with Crippen LogP contribution >= 0.6 is 0 Å². The Labute approximate surface area is 168 Å². The zero-order chi connectivity index (χ0) is 19.7. The van der Waals surface area contributed by atoms with Gasteiger partial charge in [0.15, 0.2) is 0 Å². The largest absolute Gasteiger partial charge is 0.340 e. The van der Waals surface area contributed by atoms with Crippen molar-refractivity contribution in [1.29, 1.82) is 0 Å². The van der Waals surface area contributed by atoms with Crippen molar-refractivity contribution in [3.63, 3.8) is 0 Å². The minimum Gasteiger partial charge on any atom is -0.340 e. The lowest BCUT2D eigenvalue weighted by Crippen LogP contribution is -2.52. The molecule has 3 aliphatic rings. The van der Waals surface area contributed by atoms with E-state index in [1.165, 1.54) is 18.2 Å². The highest BCUT2D eigenvalue weighted by Gasteiger charge is 2.48. The molecule has 3 heterocycles. The first kappa shape index (κ1) is 19.9. The molecule has 0 N–H and O–H groups in total. The van der Waals surface area contributed by atoms with Crippen LogP contribution in [0.4, 0.5) is 0 Å². The maximum absolute atomic E-state index is 13.3. The lowest BCUT2D eigenvalue weighted by molar-refractivity contribution is -0.137. The molecule has 1 aromatic rings. The van der Waals surface area contributed by atoms with Crippen molar-refractivity contribution in [2.75, 3.05) is 51.3 Å². The predicted molar refractivity (Wildman–Crippen MR) is 110 cm³/mol. The van der Waals surface area contributed by atoms with E-state index in [9.17, 15) is 13.2 Å². The van der Waals surface area contributed by atoms with Gasteiger partial charge in [0.05, 0.1) is 11.7 Å². The maximum Gasteiger partial charge on any atom is 0.227 e. The van der Waals surface area contributed by atoms with Gasteiger partial charge >= 0.3 is 0 Å². The standard InChI is InChI=1S/C21H31N3O3S/c1-28(26,27)15-14-22-10-12-23(13-11-22)21(25)18-16-20(17-6-3-2-4-7-17)24-9-5-8-19(18)24/h2-4,6-7,18-20H,5,8-16H2,1H3/t18-,19+,20-/m0/s1. The van der Waals surface area contributed by atoms with E-state index in [4.69, 9.17) is 0 Å². The van der Waals surface area contributed by atoms with Gasteiger partial charge in [0.25, 0.3) is 0 Å². The molecule has 7 heteroatoms. The van der Waals surface area contributed by atoms with Gasteiger partial charge in [-0.3, -0.25) is 14.6 Å². The van der Waals surface area contributed by atoms with Crippen LogP contribution in [0.5, 0.6) is 0 Å². The summed E-state index contributed by atoms with van der Waals surface area (Å²) >= 11 is 0. The first-order valence-electron chi connectivity index (χ1n) is 10.4. The molecule has 0 radical (unpaired) electrons. The molecule has 3 aliphatic heterocycles. The molecule has 6 nitrogen and oxygen atoms in total. The molecule has 4 rings (SSSR count). The summed E-state index contributed by atoms with van der Waals surface area (Å²) in [6.07, 6.45) is 4.50. The molecule has 0 spiro atoms. The smallest absolute Gasteiger partial charge is 0.227 e. The van der Waals surface area contributed by atoms with E-state index in [0.717, 1.165) is 32.5 Å². The number of hydrogen-bond donors (Lipinski definition) is 0. The second kappa shape index (κ2) is 8.13. The van der Waals surface area contributed by atoms with Crippen LogP contribution in [0.25, 0.3) is 0 Å². The van der Waals surface area contributed by atoms with Gasteiger partial charge in [0, 0.05) is 51.1 Å². The monoisotopic (exact) mass is 405 g/mol. The highest BCUT2D eigenvalue weighted by Crippen LogP contribution is 2.45. The zero-order valence-electron chi connectivity index (χ0n) is 16.7. The van der Waals surface area contributed by atoms with Gasteiger partial charge in [-0.15, -0.1) is 0 Å². The minimum atomic E-state index is -2.94. The average Bonchev–Trinajstić information content (AvgIpc) is 3.29. The number of piperazine rings is 1. The van der Waals surface area contributed by atoms with Crippen LogP contribution in [-0.4, -0.2) is 86.3 Å². The van der Waals surface area contributed by atoms with Crippen molar-refractivity contribution in [3.05, 3.63) is 35.9 Å². The van der Waals surface area contributed by atoms with Gasteiger partial charge < -0.3 is 4.90 Å². The molecule has 3 fully saturated rings. The van der Waals surface area contributed by atoms with Crippen LogP contribution in [0.1, 0.15) is 30.9 Å². The Balaban J connectivity index is 1.37. The molecular formula is C21H31N3O3S. The van der Waals surface area contributed by atoms with E-state index in [1.807, 2.05) is 11.0 Å². The summed E-state index contributed by atoms with van der Waals surface area (Å²) in [5.74, 6) is 0.590. The molecule has 0 saturated carbocycles. The van der Waals surface area contributed by atoms with Gasteiger partial charge in [0.2, 0.25) is 5.91 Å². The third-order valence-corrected chi connectivity index (χ3v) is 7.57. The minimum absolute atomic E-state index is 0.0928. The molecule has 3 saturated heterocycles. The fraction of sp³-hybridized carbons (Fsp3) is 0.667.